The van der Waals surface area contributed by atoms with Crippen molar-refractivity contribution in [3.05, 3.63) is 29.3 Å². The van der Waals surface area contributed by atoms with Gasteiger partial charge in [0.1, 0.15) is 11.4 Å². The van der Waals surface area contributed by atoms with Gasteiger partial charge < -0.3 is 15.4 Å². The summed E-state index contributed by atoms with van der Waals surface area (Å²) in [6.07, 6.45) is 3.42. The summed E-state index contributed by atoms with van der Waals surface area (Å²) in [6.45, 7) is 6.33. The van der Waals surface area contributed by atoms with Crippen LogP contribution >= 0.6 is 0 Å². The van der Waals surface area contributed by atoms with E-state index in [0.29, 0.717) is 0 Å². The van der Waals surface area contributed by atoms with Gasteiger partial charge in [0, 0.05) is 13.1 Å². The molecule has 0 bridgehead atoms. The summed E-state index contributed by atoms with van der Waals surface area (Å²) >= 11 is 0. The number of ether oxygens (including phenoxy) is 1. The Morgan fingerprint density at radius 2 is 2.17 bits per heavy atom. The Balaban J connectivity index is 1.83. The first-order valence-corrected chi connectivity index (χ1v) is 6.98. The van der Waals surface area contributed by atoms with Crippen LogP contribution in [0.5, 0.6) is 5.75 Å². The highest BCUT2D eigenvalue weighted by molar-refractivity contribution is 5.42. The van der Waals surface area contributed by atoms with Crippen molar-refractivity contribution in [2.45, 2.75) is 38.3 Å². The van der Waals surface area contributed by atoms with E-state index in [4.69, 9.17) is 4.74 Å². The molecule has 0 radical (unpaired) electrons. The molecule has 1 saturated heterocycles. The average molecular weight is 246 g/mol. The van der Waals surface area contributed by atoms with Crippen molar-refractivity contribution in [1.82, 2.24) is 10.6 Å². The van der Waals surface area contributed by atoms with E-state index in [1.165, 1.54) is 17.5 Å². The summed E-state index contributed by atoms with van der Waals surface area (Å²) in [6, 6.07) is 6.45. The second kappa shape index (κ2) is 4.90. The first kappa shape index (κ1) is 12.0. The third-order valence-corrected chi connectivity index (χ3v) is 4.01. The number of fused-ring (bicyclic) bond motifs is 1. The van der Waals surface area contributed by atoms with E-state index in [0.717, 1.165) is 44.8 Å². The third kappa shape index (κ3) is 2.38. The van der Waals surface area contributed by atoms with E-state index in [9.17, 15) is 0 Å². The van der Waals surface area contributed by atoms with E-state index >= 15 is 0 Å². The largest absolute Gasteiger partial charge is 0.486 e. The van der Waals surface area contributed by atoms with Crippen LogP contribution in [0.25, 0.3) is 0 Å². The number of hydrogen-bond donors (Lipinski definition) is 2. The smallest absolute Gasteiger partial charge is 0.123 e. The Kier molecular flexibility index (Phi) is 3.27. The van der Waals surface area contributed by atoms with Crippen LogP contribution in [-0.2, 0) is 13.0 Å². The van der Waals surface area contributed by atoms with Gasteiger partial charge in [-0.3, -0.25) is 0 Å². The summed E-state index contributed by atoms with van der Waals surface area (Å²) in [4.78, 5) is 0. The molecule has 1 aromatic carbocycles. The highest BCUT2D eigenvalue weighted by Gasteiger charge is 2.29. The zero-order valence-corrected chi connectivity index (χ0v) is 11.1. The van der Waals surface area contributed by atoms with Crippen LogP contribution in [0.2, 0.25) is 0 Å². The van der Waals surface area contributed by atoms with Crippen molar-refractivity contribution in [2.24, 2.45) is 0 Å². The van der Waals surface area contributed by atoms with Gasteiger partial charge in [-0.05, 0) is 56.5 Å². The van der Waals surface area contributed by atoms with Gasteiger partial charge >= 0.3 is 0 Å². The van der Waals surface area contributed by atoms with Crippen LogP contribution in [-0.4, -0.2) is 25.2 Å². The number of nitrogens with one attached hydrogen (secondary N) is 2. The van der Waals surface area contributed by atoms with E-state index in [2.05, 4.69) is 35.8 Å². The average Bonchev–Trinajstić information content (AvgIpc) is 2.40. The summed E-state index contributed by atoms with van der Waals surface area (Å²) in [5.41, 5.74) is 2.76. The minimum Gasteiger partial charge on any atom is -0.486 e. The maximum Gasteiger partial charge on any atom is 0.123 e. The van der Waals surface area contributed by atoms with Crippen molar-refractivity contribution in [3.63, 3.8) is 0 Å². The highest BCUT2D eigenvalue weighted by Crippen LogP contribution is 2.30. The van der Waals surface area contributed by atoms with Crippen molar-refractivity contribution in [1.29, 1.82) is 0 Å². The van der Waals surface area contributed by atoms with Gasteiger partial charge in [-0.25, -0.2) is 0 Å². The SMILES string of the molecule is CC1(Oc2cccc3c2CCNC3)CCCNC1. The second-order valence-electron chi connectivity index (χ2n) is 5.65. The minimum atomic E-state index is -0.0434. The molecule has 0 saturated carbocycles. The van der Waals surface area contributed by atoms with Gasteiger partial charge in [-0.15, -0.1) is 0 Å². The van der Waals surface area contributed by atoms with Gasteiger partial charge in [0.15, 0.2) is 0 Å². The molecule has 2 heterocycles. The molecule has 1 aromatic rings. The zero-order valence-electron chi connectivity index (χ0n) is 11.1. The predicted octanol–water partition coefficient (Wildman–Crippen LogP) is 1.85. The lowest BCUT2D eigenvalue weighted by Gasteiger charge is -2.36. The Morgan fingerprint density at radius 1 is 1.22 bits per heavy atom. The first-order chi connectivity index (χ1) is 8.77. The molecule has 2 aliphatic rings. The van der Waals surface area contributed by atoms with Crippen LogP contribution < -0.4 is 15.4 Å². The molecule has 2 aliphatic heterocycles. The Hall–Kier alpha value is -1.06. The van der Waals surface area contributed by atoms with Crippen LogP contribution in [0.3, 0.4) is 0 Å². The molecule has 1 atom stereocenters. The molecule has 0 aromatic heterocycles. The van der Waals surface area contributed by atoms with Gasteiger partial charge in [0.05, 0.1) is 0 Å². The fourth-order valence-electron chi connectivity index (χ4n) is 2.97. The summed E-state index contributed by atoms with van der Waals surface area (Å²) in [7, 11) is 0. The van der Waals surface area contributed by atoms with Crippen molar-refractivity contribution < 1.29 is 4.74 Å². The molecule has 3 heteroatoms. The van der Waals surface area contributed by atoms with Crippen LogP contribution in [0, 0.1) is 0 Å². The normalized spacial score (nSPS) is 27.6. The van der Waals surface area contributed by atoms with Gasteiger partial charge in [-0.1, -0.05) is 12.1 Å². The number of piperidine rings is 1. The standard InChI is InChI=1S/C15H22N2O/c1-15(7-3-8-17-11-15)18-14-5-2-4-12-10-16-9-6-13(12)14/h2,4-5,16-17H,3,6-11H2,1H3. The molecule has 3 nitrogen and oxygen atoms in total. The van der Waals surface area contributed by atoms with Gasteiger partial charge in [0.2, 0.25) is 0 Å². The first-order valence-electron chi connectivity index (χ1n) is 6.98. The number of rotatable bonds is 2. The molecule has 2 N–H and O–H groups in total. The van der Waals surface area contributed by atoms with Crippen LogP contribution in [0.1, 0.15) is 30.9 Å². The molecule has 0 spiro atoms. The fraction of sp³-hybridized carbons (Fsp3) is 0.600. The molecule has 1 unspecified atom stereocenters. The lowest BCUT2D eigenvalue weighted by Crippen LogP contribution is -2.47. The zero-order chi connectivity index (χ0) is 12.4. The topological polar surface area (TPSA) is 33.3 Å². The van der Waals surface area contributed by atoms with Crippen molar-refractivity contribution >= 4 is 0 Å². The molecule has 3 rings (SSSR count). The highest BCUT2D eigenvalue weighted by atomic mass is 16.5. The van der Waals surface area contributed by atoms with Crippen molar-refractivity contribution in [3.8, 4) is 5.75 Å². The lowest BCUT2D eigenvalue weighted by atomic mass is 9.95. The number of benzene rings is 1. The second-order valence-corrected chi connectivity index (χ2v) is 5.65. The van der Waals surface area contributed by atoms with Crippen molar-refractivity contribution in [2.75, 3.05) is 19.6 Å². The quantitative estimate of drug-likeness (QED) is 0.835. The minimum absolute atomic E-state index is 0.0434. The molecular weight excluding hydrogens is 224 g/mol. The summed E-state index contributed by atoms with van der Waals surface area (Å²) < 4.78 is 6.35. The maximum atomic E-state index is 6.35. The molecule has 98 valence electrons. The predicted molar refractivity (Wildman–Crippen MR) is 73.0 cm³/mol. The molecule has 1 fully saturated rings. The van der Waals surface area contributed by atoms with Gasteiger partial charge in [-0.2, -0.15) is 0 Å². The van der Waals surface area contributed by atoms with E-state index in [-0.39, 0.29) is 5.60 Å². The monoisotopic (exact) mass is 246 g/mol. The van der Waals surface area contributed by atoms with E-state index in [1.807, 2.05) is 0 Å². The Bertz CT molecular complexity index is 425. The van der Waals surface area contributed by atoms with Crippen LogP contribution in [0.4, 0.5) is 0 Å². The third-order valence-electron chi connectivity index (χ3n) is 4.01. The Morgan fingerprint density at radius 3 is 3.00 bits per heavy atom. The summed E-state index contributed by atoms with van der Waals surface area (Å²) in [5, 5.41) is 6.85. The Labute approximate surface area is 109 Å². The fourth-order valence-corrected chi connectivity index (χ4v) is 2.97. The molecular formula is C15H22N2O. The summed E-state index contributed by atoms with van der Waals surface area (Å²) in [5.74, 6) is 1.10. The number of hydrogen-bond acceptors (Lipinski definition) is 3. The van der Waals surface area contributed by atoms with Crippen LogP contribution in [0.15, 0.2) is 18.2 Å². The van der Waals surface area contributed by atoms with E-state index in [1.54, 1.807) is 0 Å². The molecule has 18 heavy (non-hydrogen) atoms. The lowest BCUT2D eigenvalue weighted by molar-refractivity contribution is 0.0602. The van der Waals surface area contributed by atoms with Gasteiger partial charge in [0.25, 0.3) is 0 Å². The molecule has 0 aliphatic carbocycles. The maximum absolute atomic E-state index is 6.35. The van der Waals surface area contributed by atoms with E-state index < -0.39 is 0 Å². The molecule has 0 amide bonds.